The van der Waals surface area contributed by atoms with Crippen LogP contribution in [0, 0.1) is 22.7 Å². The molecule has 70 heavy (non-hydrogen) atoms. The first-order valence-electron chi connectivity index (χ1n) is 21.7. The van der Waals surface area contributed by atoms with E-state index in [1.807, 2.05) is 88.0 Å². The number of rotatable bonds is 7. The second-order valence-electron chi connectivity index (χ2n) is 16.3. The molecule has 0 amide bonds. The van der Waals surface area contributed by atoms with Crippen LogP contribution in [-0.2, 0) is 6.18 Å². The van der Waals surface area contributed by atoms with Crippen molar-refractivity contribution in [2.75, 3.05) is 0 Å². The first kappa shape index (κ1) is 41.4. The minimum Gasteiger partial charge on any atom is -0.309 e. The van der Waals surface area contributed by atoms with Crippen LogP contribution in [0.2, 0.25) is 0 Å². The maximum Gasteiger partial charge on any atom is 0.416 e. The van der Waals surface area contributed by atoms with Crippen LogP contribution in [0.4, 0.5) is 13.2 Å². The molecule has 12 aromatic rings. The van der Waals surface area contributed by atoms with Gasteiger partial charge in [-0.1, -0.05) is 0 Å². The molecule has 0 spiro atoms. The highest BCUT2D eigenvalue weighted by Gasteiger charge is 2.32. The van der Waals surface area contributed by atoms with Gasteiger partial charge in [0, 0.05) is 98.9 Å². The molecule has 12 nitrogen and oxygen atoms in total. The van der Waals surface area contributed by atoms with E-state index < -0.39 is 11.7 Å². The number of fused-ring (bicyclic) bond motifs is 6. The van der Waals surface area contributed by atoms with E-state index in [1.165, 1.54) is 6.07 Å². The molecule has 0 atom stereocenters. The molecular weight excluding hydrogens is 886 g/mol. The highest BCUT2D eigenvalue weighted by molar-refractivity contribution is 6.13. The zero-order chi connectivity index (χ0) is 47.5. The molecule has 0 aliphatic rings. The molecule has 15 heteroatoms. The average molecular weight is 915 g/mol. The Morgan fingerprint density at radius 1 is 0.386 bits per heavy atom. The van der Waals surface area contributed by atoms with Gasteiger partial charge in [-0.2, -0.15) is 23.7 Å². The summed E-state index contributed by atoms with van der Waals surface area (Å²) in [5.41, 5.74) is 5.93. The summed E-state index contributed by atoms with van der Waals surface area (Å²) in [4.78, 5) is 36.0. The first-order valence-corrected chi connectivity index (χ1v) is 21.7. The van der Waals surface area contributed by atoms with Gasteiger partial charge in [0.25, 0.3) is 0 Å². The van der Waals surface area contributed by atoms with Gasteiger partial charge in [-0.3, -0.25) is 0 Å². The fourth-order valence-corrected chi connectivity index (χ4v) is 9.19. The number of benzene rings is 6. The molecule has 0 saturated carbocycles. The summed E-state index contributed by atoms with van der Waals surface area (Å²) in [5, 5.41) is 24.6. The maximum absolute atomic E-state index is 14.8. The van der Waals surface area contributed by atoms with Crippen molar-refractivity contribution in [2.24, 2.45) is 0 Å². The summed E-state index contributed by atoms with van der Waals surface area (Å²) in [5.74, 6) is 2.01. The number of halogens is 3. The summed E-state index contributed by atoms with van der Waals surface area (Å²) in [6.45, 7) is 0. The fourth-order valence-electron chi connectivity index (χ4n) is 9.19. The van der Waals surface area contributed by atoms with Crippen LogP contribution in [0.3, 0.4) is 0 Å². The number of alkyl halides is 3. The lowest BCUT2D eigenvalue weighted by Crippen LogP contribution is -2.07. The molecule has 6 aromatic carbocycles. The Kier molecular flexibility index (Phi) is 9.71. The number of nitrogens with zero attached hydrogens (tertiary/aromatic N) is 12. The van der Waals surface area contributed by atoms with Crippen LogP contribution < -0.4 is 0 Å². The van der Waals surface area contributed by atoms with Crippen molar-refractivity contribution < 1.29 is 13.2 Å². The molecule has 0 N–H and O–H groups in total. The molecule has 6 aromatic heterocycles. The summed E-state index contributed by atoms with van der Waals surface area (Å²) >= 11 is 0. The van der Waals surface area contributed by atoms with Gasteiger partial charge < -0.3 is 9.13 Å². The highest BCUT2D eigenvalue weighted by Crippen LogP contribution is 2.44. The predicted octanol–water partition coefficient (Wildman–Crippen LogP) is 12.1. The first-order chi connectivity index (χ1) is 34.2. The van der Waals surface area contributed by atoms with E-state index in [1.54, 1.807) is 86.0 Å². The molecule has 0 radical (unpaired) electrons. The highest BCUT2D eigenvalue weighted by atomic mass is 19.4. The minimum absolute atomic E-state index is 0.110. The van der Waals surface area contributed by atoms with E-state index >= 15 is 0 Å². The Hall–Kier alpha value is -9.99. The van der Waals surface area contributed by atoms with Crippen molar-refractivity contribution in [1.29, 1.82) is 10.5 Å². The van der Waals surface area contributed by atoms with E-state index in [2.05, 4.69) is 45.9 Å². The van der Waals surface area contributed by atoms with Crippen molar-refractivity contribution >= 4 is 43.6 Å². The predicted molar refractivity (Wildman–Crippen MR) is 259 cm³/mol. The zero-order valence-corrected chi connectivity index (χ0v) is 36.2. The Labute approximate surface area is 395 Å². The Bertz CT molecular complexity index is 3930. The SMILES string of the molecule is N#Cc1cc(-c2cc(-n3c4ccc(-c5ncccn5)cc4c4cc(-c5ncccn5)ccc43)c(C#N)cc2-n2c3ccc(-c4ncccn4)cc3c3cc(-c4ncccn4)ccc32)cc(C(F)(F)F)c1. The van der Waals surface area contributed by atoms with Crippen LogP contribution >= 0.6 is 0 Å². The van der Waals surface area contributed by atoms with E-state index in [4.69, 9.17) is 0 Å². The maximum atomic E-state index is 14.8. The summed E-state index contributed by atoms with van der Waals surface area (Å²) in [6, 6.07) is 41.2. The van der Waals surface area contributed by atoms with Gasteiger partial charge in [0.2, 0.25) is 0 Å². The van der Waals surface area contributed by atoms with Gasteiger partial charge in [0.15, 0.2) is 23.3 Å². The van der Waals surface area contributed by atoms with Gasteiger partial charge >= 0.3 is 6.18 Å². The van der Waals surface area contributed by atoms with Crippen molar-refractivity contribution in [2.45, 2.75) is 6.18 Å². The molecular formula is C55H29F3N12. The molecule has 330 valence electrons. The van der Waals surface area contributed by atoms with Crippen molar-refractivity contribution in [3.63, 3.8) is 0 Å². The summed E-state index contributed by atoms with van der Waals surface area (Å²) < 4.78 is 48.4. The molecule has 6 heterocycles. The third-order valence-corrected chi connectivity index (χ3v) is 12.2. The summed E-state index contributed by atoms with van der Waals surface area (Å²) in [7, 11) is 0. The average Bonchev–Trinajstić information content (AvgIpc) is 3.92. The zero-order valence-electron chi connectivity index (χ0n) is 36.2. The van der Waals surface area contributed by atoms with Crippen LogP contribution in [0.5, 0.6) is 0 Å². The minimum atomic E-state index is -4.79. The van der Waals surface area contributed by atoms with Gasteiger partial charge in [-0.25, -0.2) is 39.9 Å². The monoisotopic (exact) mass is 914 g/mol. The fraction of sp³-hybridized carbons (Fsp3) is 0.0182. The van der Waals surface area contributed by atoms with E-state index in [0.29, 0.717) is 62.3 Å². The number of hydrogen-bond acceptors (Lipinski definition) is 10. The largest absolute Gasteiger partial charge is 0.416 e. The van der Waals surface area contributed by atoms with Crippen molar-refractivity contribution in [3.05, 3.63) is 194 Å². The molecule has 0 unspecified atom stereocenters. The second kappa shape index (κ2) is 16.4. The Balaban J connectivity index is 1.18. The van der Waals surface area contributed by atoms with E-state index in [9.17, 15) is 23.7 Å². The van der Waals surface area contributed by atoms with Crippen LogP contribution in [0.1, 0.15) is 16.7 Å². The molecule has 0 aliphatic heterocycles. The molecule has 0 saturated heterocycles. The van der Waals surface area contributed by atoms with Crippen LogP contribution in [0.25, 0.3) is 112 Å². The molecule has 0 fully saturated rings. The van der Waals surface area contributed by atoms with Crippen molar-refractivity contribution in [3.8, 4) is 80.2 Å². The van der Waals surface area contributed by atoms with Gasteiger partial charge in [0.05, 0.1) is 56.2 Å². The van der Waals surface area contributed by atoms with Crippen molar-refractivity contribution in [1.82, 2.24) is 49.0 Å². The Morgan fingerprint density at radius 3 is 1.10 bits per heavy atom. The topological polar surface area (TPSA) is 161 Å². The van der Waals surface area contributed by atoms with E-state index in [0.717, 1.165) is 55.9 Å². The Morgan fingerprint density at radius 2 is 0.757 bits per heavy atom. The standard InChI is InChI=1S/C55H29F3N12/c56-55(57,58)39-22-32(30-59)21-37(23-39)40-29-49(69-45-9-5-33(51-61-13-1-14-62-51)24-41(45)42-25-34(6-10-46(42)69)52-63-15-2-16-64-52)38(31-60)28-50(40)70-47-11-7-35(53-65-17-3-18-66-53)26-43(47)44-27-36(8-12-48(44)70)54-67-19-4-20-68-54/h1-29H. The van der Waals surface area contributed by atoms with Gasteiger partial charge in [-0.05, 0) is 133 Å². The number of hydrogen-bond donors (Lipinski definition) is 0. The normalized spacial score (nSPS) is 11.6. The van der Waals surface area contributed by atoms with Crippen LogP contribution in [-0.4, -0.2) is 49.0 Å². The molecule has 0 aliphatic carbocycles. The van der Waals surface area contributed by atoms with Crippen LogP contribution in [0.15, 0.2) is 177 Å². The molecule has 0 bridgehead atoms. The third-order valence-electron chi connectivity index (χ3n) is 12.2. The van der Waals surface area contributed by atoms with Gasteiger partial charge in [-0.15, -0.1) is 0 Å². The quantitative estimate of drug-likeness (QED) is 0.150. The second-order valence-corrected chi connectivity index (χ2v) is 16.3. The van der Waals surface area contributed by atoms with Gasteiger partial charge in [0.1, 0.15) is 6.07 Å². The third kappa shape index (κ3) is 7.01. The number of nitriles is 2. The lowest BCUT2D eigenvalue weighted by molar-refractivity contribution is -0.137. The smallest absolute Gasteiger partial charge is 0.309 e. The van der Waals surface area contributed by atoms with E-state index in [-0.39, 0.29) is 16.7 Å². The lowest BCUT2D eigenvalue weighted by atomic mass is 9.95. The lowest BCUT2D eigenvalue weighted by Gasteiger charge is -2.20. The summed E-state index contributed by atoms with van der Waals surface area (Å²) in [6.07, 6.45) is 8.51. The number of aromatic nitrogens is 10. The molecule has 12 rings (SSSR count).